The fraction of sp³-hybridized carbons (Fsp3) is 0.368. The zero-order valence-corrected chi connectivity index (χ0v) is 14.6. The molecule has 1 N–H and O–H groups in total. The van der Waals surface area contributed by atoms with Gasteiger partial charge in [-0.25, -0.2) is 0 Å². The molecule has 0 saturated heterocycles. The first-order valence-electron chi connectivity index (χ1n) is 8.87. The van der Waals surface area contributed by atoms with Gasteiger partial charge in [-0.05, 0) is 31.9 Å². The summed E-state index contributed by atoms with van der Waals surface area (Å²) < 4.78 is 7.58. The van der Waals surface area contributed by atoms with Crippen molar-refractivity contribution in [2.75, 3.05) is 6.54 Å². The molecule has 7 heteroatoms. The summed E-state index contributed by atoms with van der Waals surface area (Å²) in [5, 5.41) is 11.2. The van der Waals surface area contributed by atoms with Gasteiger partial charge in [0.2, 0.25) is 0 Å². The van der Waals surface area contributed by atoms with Gasteiger partial charge in [0.15, 0.2) is 11.4 Å². The Kier molecular flexibility index (Phi) is 4.28. The van der Waals surface area contributed by atoms with Crippen molar-refractivity contribution in [3.05, 3.63) is 52.9 Å². The normalized spacial score (nSPS) is 13.8. The van der Waals surface area contributed by atoms with Crippen molar-refractivity contribution in [1.82, 2.24) is 19.9 Å². The molecule has 1 aliphatic rings. The number of nitrogens with zero attached hydrogens (tertiary/aromatic N) is 3. The lowest BCUT2D eigenvalue weighted by atomic mass is 9.93. The van der Waals surface area contributed by atoms with Crippen LogP contribution in [0.15, 0.2) is 28.8 Å². The highest BCUT2D eigenvalue weighted by Gasteiger charge is 2.30. The molecular formula is C19H20N4O3. The van der Waals surface area contributed by atoms with Gasteiger partial charge in [-0.3, -0.25) is 14.0 Å². The summed E-state index contributed by atoms with van der Waals surface area (Å²) in [5.41, 5.74) is 1.69. The number of carbonyl (C=O) groups is 2. The predicted octanol–water partition coefficient (Wildman–Crippen LogP) is 2.51. The Morgan fingerprint density at radius 3 is 3.08 bits per heavy atom. The van der Waals surface area contributed by atoms with E-state index in [1.165, 1.54) is 0 Å². The van der Waals surface area contributed by atoms with E-state index in [1.54, 1.807) is 6.92 Å². The van der Waals surface area contributed by atoms with Gasteiger partial charge < -0.3 is 9.73 Å². The van der Waals surface area contributed by atoms with Crippen LogP contribution in [0.25, 0.3) is 5.65 Å². The molecule has 26 heavy (non-hydrogen) atoms. The van der Waals surface area contributed by atoms with Crippen molar-refractivity contribution in [2.24, 2.45) is 0 Å². The highest BCUT2D eigenvalue weighted by Crippen LogP contribution is 2.29. The average Bonchev–Trinajstić information content (AvgIpc) is 3.20. The van der Waals surface area contributed by atoms with Crippen LogP contribution in [0.4, 0.5) is 0 Å². The number of ketones is 1. The largest absolute Gasteiger partial charge is 0.465 e. The van der Waals surface area contributed by atoms with Crippen molar-refractivity contribution in [3.63, 3.8) is 0 Å². The molecule has 0 aromatic carbocycles. The minimum atomic E-state index is -0.242. The van der Waals surface area contributed by atoms with Crippen LogP contribution in [-0.4, -0.2) is 32.8 Å². The maximum atomic E-state index is 12.6. The number of nitrogens with one attached hydrogen (secondary N) is 1. The molecule has 3 aromatic heterocycles. The molecule has 1 amide bonds. The predicted molar refractivity (Wildman–Crippen MR) is 94.4 cm³/mol. The maximum Gasteiger partial charge on any atom is 0.255 e. The fourth-order valence-corrected chi connectivity index (χ4v) is 3.48. The van der Waals surface area contributed by atoms with Crippen LogP contribution in [0, 0.1) is 6.92 Å². The Morgan fingerprint density at radius 1 is 1.31 bits per heavy atom. The second kappa shape index (κ2) is 6.74. The summed E-state index contributed by atoms with van der Waals surface area (Å²) >= 11 is 0. The minimum Gasteiger partial charge on any atom is -0.465 e. The highest BCUT2D eigenvalue weighted by molar-refractivity contribution is 6.09. The third-order valence-electron chi connectivity index (χ3n) is 4.72. The molecule has 3 aromatic rings. The lowest BCUT2D eigenvalue weighted by Crippen LogP contribution is -2.27. The Balaban J connectivity index is 1.39. The molecule has 1 aliphatic carbocycles. The van der Waals surface area contributed by atoms with E-state index < -0.39 is 0 Å². The van der Waals surface area contributed by atoms with E-state index in [9.17, 15) is 9.59 Å². The molecule has 7 nitrogen and oxygen atoms in total. The maximum absolute atomic E-state index is 12.6. The van der Waals surface area contributed by atoms with Crippen LogP contribution in [0.1, 0.15) is 57.3 Å². The monoisotopic (exact) mass is 352 g/mol. The standard InChI is InChI=1S/C19H20N4O3/c1-12-17(18-13(24)6-4-7-14(18)26-12)19(25)20-10-5-9-16-22-21-15-8-2-3-11-23(15)16/h2-3,8,11H,4-7,9-10H2,1H3,(H,20,25). The zero-order chi connectivity index (χ0) is 18.1. The highest BCUT2D eigenvalue weighted by atomic mass is 16.3. The van der Waals surface area contributed by atoms with Gasteiger partial charge in [-0.2, -0.15) is 0 Å². The Bertz CT molecular complexity index is 986. The van der Waals surface area contributed by atoms with Crippen LogP contribution in [0.3, 0.4) is 0 Å². The molecule has 134 valence electrons. The molecule has 0 atom stereocenters. The average molecular weight is 352 g/mol. The summed E-state index contributed by atoms with van der Waals surface area (Å²) in [7, 11) is 0. The van der Waals surface area contributed by atoms with Crippen LogP contribution < -0.4 is 5.32 Å². The first-order chi connectivity index (χ1) is 12.6. The molecule has 0 radical (unpaired) electrons. The number of furan rings is 1. The van der Waals surface area contributed by atoms with Gasteiger partial charge >= 0.3 is 0 Å². The van der Waals surface area contributed by atoms with Crippen molar-refractivity contribution in [2.45, 2.75) is 39.0 Å². The fourth-order valence-electron chi connectivity index (χ4n) is 3.48. The number of hydrogen-bond acceptors (Lipinski definition) is 5. The molecule has 0 unspecified atom stereocenters. The number of rotatable bonds is 5. The first-order valence-corrected chi connectivity index (χ1v) is 8.87. The van der Waals surface area contributed by atoms with Gasteiger partial charge in [-0.15, -0.1) is 10.2 Å². The van der Waals surface area contributed by atoms with Gasteiger partial charge in [0.1, 0.15) is 17.3 Å². The van der Waals surface area contributed by atoms with E-state index in [1.807, 2.05) is 28.8 Å². The quantitative estimate of drug-likeness (QED) is 0.713. The molecule has 0 saturated carbocycles. The van der Waals surface area contributed by atoms with E-state index in [-0.39, 0.29) is 11.7 Å². The van der Waals surface area contributed by atoms with E-state index in [0.717, 1.165) is 30.7 Å². The summed E-state index contributed by atoms with van der Waals surface area (Å²) in [5.74, 6) is 1.80. The van der Waals surface area contributed by atoms with Gasteiger partial charge in [0.05, 0.1) is 11.1 Å². The van der Waals surface area contributed by atoms with Gasteiger partial charge in [0.25, 0.3) is 5.91 Å². The third-order valence-corrected chi connectivity index (χ3v) is 4.72. The minimum absolute atomic E-state index is 0.00294. The lowest BCUT2D eigenvalue weighted by molar-refractivity contribution is 0.0927. The Labute approximate surface area is 150 Å². The summed E-state index contributed by atoms with van der Waals surface area (Å²) in [6, 6.07) is 5.76. The van der Waals surface area contributed by atoms with Crippen LogP contribution in [-0.2, 0) is 12.8 Å². The second-order valence-electron chi connectivity index (χ2n) is 6.51. The van der Waals surface area contributed by atoms with E-state index in [2.05, 4.69) is 15.5 Å². The Morgan fingerprint density at radius 2 is 2.19 bits per heavy atom. The second-order valence-corrected chi connectivity index (χ2v) is 6.51. The molecular weight excluding hydrogens is 332 g/mol. The molecule has 0 bridgehead atoms. The molecule has 3 heterocycles. The van der Waals surface area contributed by atoms with Crippen LogP contribution >= 0.6 is 0 Å². The van der Waals surface area contributed by atoms with E-state index >= 15 is 0 Å². The first kappa shape index (κ1) is 16.5. The van der Waals surface area contributed by atoms with Crippen molar-refractivity contribution in [1.29, 1.82) is 0 Å². The van der Waals surface area contributed by atoms with Crippen molar-refractivity contribution < 1.29 is 14.0 Å². The third kappa shape index (κ3) is 2.89. The SMILES string of the molecule is Cc1oc2c(c1C(=O)NCCCc1nnc3ccccn13)C(=O)CCC2. The number of amides is 1. The number of Topliss-reactive ketones (excluding diaryl/α,β-unsaturated/α-hetero) is 1. The van der Waals surface area contributed by atoms with Crippen molar-refractivity contribution in [3.8, 4) is 0 Å². The van der Waals surface area contributed by atoms with E-state index in [0.29, 0.717) is 42.0 Å². The molecule has 0 fully saturated rings. The molecule has 4 rings (SSSR count). The van der Waals surface area contributed by atoms with Crippen molar-refractivity contribution >= 4 is 17.3 Å². The number of fused-ring (bicyclic) bond motifs is 2. The molecule has 0 aliphatic heterocycles. The topological polar surface area (TPSA) is 89.5 Å². The lowest BCUT2D eigenvalue weighted by Gasteiger charge is -2.10. The number of pyridine rings is 1. The number of hydrogen-bond donors (Lipinski definition) is 1. The summed E-state index contributed by atoms with van der Waals surface area (Å²) in [4.78, 5) is 24.7. The van der Waals surface area contributed by atoms with Crippen LogP contribution in [0.2, 0.25) is 0 Å². The number of aryl methyl sites for hydroxylation is 3. The summed E-state index contributed by atoms with van der Waals surface area (Å²) in [6.07, 6.45) is 5.34. The van der Waals surface area contributed by atoms with Crippen LogP contribution in [0.5, 0.6) is 0 Å². The molecule has 0 spiro atoms. The van der Waals surface area contributed by atoms with Gasteiger partial charge in [-0.1, -0.05) is 6.07 Å². The zero-order valence-electron chi connectivity index (χ0n) is 14.6. The summed E-state index contributed by atoms with van der Waals surface area (Å²) in [6.45, 7) is 2.23. The smallest absolute Gasteiger partial charge is 0.255 e. The number of aromatic nitrogens is 3. The van der Waals surface area contributed by atoms with E-state index in [4.69, 9.17) is 4.42 Å². The Hall–Kier alpha value is -2.96. The number of carbonyl (C=O) groups excluding carboxylic acids is 2. The van der Waals surface area contributed by atoms with Gasteiger partial charge in [0, 0.05) is 32.0 Å².